The van der Waals surface area contributed by atoms with E-state index in [4.69, 9.17) is 0 Å². The number of nitrogens with one attached hydrogen (secondary N) is 2. The van der Waals surface area contributed by atoms with E-state index in [1.165, 1.54) is 32.1 Å². The van der Waals surface area contributed by atoms with E-state index >= 15 is 0 Å². The summed E-state index contributed by atoms with van der Waals surface area (Å²) in [5, 5.41) is 6.68. The minimum absolute atomic E-state index is 0.0945. The zero-order chi connectivity index (χ0) is 14.5. The number of carbonyl (C=O) groups is 1. The summed E-state index contributed by atoms with van der Waals surface area (Å²) in [6.07, 6.45) is 7.33. The van der Waals surface area contributed by atoms with E-state index in [0.29, 0.717) is 6.04 Å². The molecule has 0 spiro atoms. The van der Waals surface area contributed by atoms with Gasteiger partial charge < -0.3 is 10.6 Å². The molecular weight excluding hydrogens is 236 g/mol. The van der Waals surface area contributed by atoms with E-state index in [9.17, 15) is 4.79 Å². The maximum Gasteiger partial charge on any atom is 0.237 e. The predicted octanol–water partition coefficient (Wildman–Crippen LogP) is 3.24. The molecular formula is C16H32N2O. The first kappa shape index (κ1) is 16.5. The molecule has 0 heterocycles. The van der Waals surface area contributed by atoms with Gasteiger partial charge in [-0.05, 0) is 46.0 Å². The zero-order valence-electron chi connectivity index (χ0n) is 13.4. The summed E-state index contributed by atoms with van der Waals surface area (Å²) in [7, 11) is 0. The molecule has 3 heteroatoms. The molecule has 1 amide bonds. The molecule has 0 bridgehead atoms. The Balaban J connectivity index is 2.48. The van der Waals surface area contributed by atoms with Crippen molar-refractivity contribution in [2.75, 3.05) is 0 Å². The van der Waals surface area contributed by atoms with E-state index in [1.54, 1.807) is 0 Å². The molecule has 0 radical (unpaired) electrons. The second kappa shape index (κ2) is 7.28. The molecule has 0 aromatic rings. The van der Waals surface area contributed by atoms with Gasteiger partial charge in [0.25, 0.3) is 0 Å². The number of hydrogen-bond donors (Lipinski definition) is 2. The Bertz CT molecular complexity index is 288. The molecule has 0 saturated heterocycles. The highest BCUT2D eigenvalue weighted by atomic mass is 16.2. The molecule has 1 aliphatic carbocycles. The van der Waals surface area contributed by atoms with Crippen LogP contribution >= 0.6 is 0 Å². The van der Waals surface area contributed by atoms with Crippen LogP contribution in [0.2, 0.25) is 0 Å². The second-order valence-electron chi connectivity index (χ2n) is 6.67. The van der Waals surface area contributed by atoms with Crippen LogP contribution < -0.4 is 10.6 Å². The van der Waals surface area contributed by atoms with Crippen LogP contribution in [0.1, 0.15) is 73.1 Å². The van der Waals surface area contributed by atoms with Crippen LogP contribution in [0.5, 0.6) is 0 Å². The van der Waals surface area contributed by atoms with E-state index in [-0.39, 0.29) is 17.5 Å². The summed E-state index contributed by atoms with van der Waals surface area (Å²) in [5.74, 6) is 0.871. The maximum absolute atomic E-state index is 12.2. The molecule has 3 atom stereocenters. The summed E-state index contributed by atoms with van der Waals surface area (Å²) in [5.41, 5.74) is -0.107. The van der Waals surface area contributed by atoms with Crippen LogP contribution in [0.25, 0.3) is 0 Å². The average Bonchev–Trinajstić information content (AvgIpc) is 2.38. The third-order valence-electron chi connectivity index (χ3n) is 4.64. The highest BCUT2D eigenvalue weighted by Gasteiger charge is 2.28. The number of rotatable bonds is 6. The lowest BCUT2D eigenvalue weighted by Crippen LogP contribution is -2.54. The van der Waals surface area contributed by atoms with Crippen molar-refractivity contribution in [3.05, 3.63) is 0 Å². The molecule has 1 aliphatic rings. The van der Waals surface area contributed by atoms with Crippen molar-refractivity contribution in [3.8, 4) is 0 Å². The van der Waals surface area contributed by atoms with E-state index in [0.717, 1.165) is 12.3 Å². The lowest BCUT2D eigenvalue weighted by Gasteiger charge is -2.34. The van der Waals surface area contributed by atoms with E-state index in [1.807, 2.05) is 6.92 Å². The van der Waals surface area contributed by atoms with Crippen LogP contribution in [0, 0.1) is 5.92 Å². The first-order valence-electron chi connectivity index (χ1n) is 7.97. The van der Waals surface area contributed by atoms with Gasteiger partial charge in [0.1, 0.15) is 0 Å². The van der Waals surface area contributed by atoms with Crippen LogP contribution in [-0.4, -0.2) is 23.5 Å². The van der Waals surface area contributed by atoms with Crippen molar-refractivity contribution in [2.24, 2.45) is 5.92 Å². The summed E-state index contributed by atoms with van der Waals surface area (Å²) in [6, 6.07) is 0.423. The molecule has 0 aromatic heterocycles. The molecule has 3 nitrogen and oxygen atoms in total. The Morgan fingerprint density at radius 1 is 1.26 bits per heavy atom. The fourth-order valence-corrected chi connectivity index (χ4v) is 2.84. The number of amides is 1. The monoisotopic (exact) mass is 268 g/mol. The van der Waals surface area contributed by atoms with Crippen molar-refractivity contribution >= 4 is 5.91 Å². The predicted molar refractivity (Wildman–Crippen MR) is 81.1 cm³/mol. The Morgan fingerprint density at radius 3 is 2.47 bits per heavy atom. The average molecular weight is 268 g/mol. The molecule has 112 valence electrons. The minimum atomic E-state index is -0.107. The molecule has 0 aromatic carbocycles. The van der Waals surface area contributed by atoms with E-state index < -0.39 is 0 Å². The molecule has 19 heavy (non-hydrogen) atoms. The topological polar surface area (TPSA) is 41.1 Å². The number of hydrogen-bond acceptors (Lipinski definition) is 2. The van der Waals surface area contributed by atoms with Gasteiger partial charge in [-0.2, -0.15) is 0 Å². The Kier molecular flexibility index (Phi) is 6.31. The molecule has 0 aliphatic heterocycles. The van der Waals surface area contributed by atoms with Crippen molar-refractivity contribution in [1.82, 2.24) is 10.6 Å². The first-order chi connectivity index (χ1) is 8.89. The summed E-state index contributed by atoms with van der Waals surface area (Å²) in [6.45, 7) is 10.5. The van der Waals surface area contributed by atoms with Crippen LogP contribution in [-0.2, 0) is 4.79 Å². The summed E-state index contributed by atoms with van der Waals surface area (Å²) < 4.78 is 0. The standard InChI is InChI=1S/C16H32N2O/c1-6-13-10-8-9-11-14(13)17-12(3)15(19)18-16(4,5)7-2/h12-14,17H,6-11H2,1-5H3,(H,18,19). The van der Waals surface area contributed by atoms with Crippen molar-refractivity contribution in [2.45, 2.75) is 90.8 Å². The minimum Gasteiger partial charge on any atom is -0.350 e. The highest BCUT2D eigenvalue weighted by Crippen LogP contribution is 2.27. The van der Waals surface area contributed by atoms with Gasteiger partial charge in [-0.25, -0.2) is 0 Å². The zero-order valence-corrected chi connectivity index (χ0v) is 13.4. The van der Waals surface area contributed by atoms with Gasteiger partial charge in [0.05, 0.1) is 6.04 Å². The van der Waals surface area contributed by atoms with Crippen molar-refractivity contribution in [1.29, 1.82) is 0 Å². The summed E-state index contributed by atoms with van der Waals surface area (Å²) in [4.78, 5) is 12.2. The van der Waals surface area contributed by atoms with Gasteiger partial charge in [-0.15, -0.1) is 0 Å². The third kappa shape index (κ3) is 5.13. The van der Waals surface area contributed by atoms with Gasteiger partial charge in [-0.1, -0.05) is 33.1 Å². The van der Waals surface area contributed by atoms with Gasteiger partial charge in [0, 0.05) is 11.6 Å². The Morgan fingerprint density at radius 2 is 1.89 bits per heavy atom. The largest absolute Gasteiger partial charge is 0.350 e. The first-order valence-corrected chi connectivity index (χ1v) is 7.97. The smallest absolute Gasteiger partial charge is 0.237 e. The lowest BCUT2D eigenvalue weighted by atomic mass is 9.82. The van der Waals surface area contributed by atoms with Gasteiger partial charge in [-0.3, -0.25) is 4.79 Å². The SMILES string of the molecule is CCC1CCCCC1NC(C)C(=O)NC(C)(C)CC. The second-order valence-corrected chi connectivity index (χ2v) is 6.67. The van der Waals surface area contributed by atoms with Gasteiger partial charge in [0.2, 0.25) is 5.91 Å². The fourth-order valence-electron chi connectivity index (χ4n) is 2.84. The molecule has 3 unspecified atom stereocenters. The van der Waals surface area contributed by atoms with Crippen LogP contribution in [0.4, 0.5) is 0 Å². The molecule has 1 rings (SSSR count). The van der Waals surface area contributed by atoms with Gasteiger partial charge >= 0.3 is 0 Å². The molecule has 1 saturated carbocycles. The maximum atomic E-state index is 12.2. The van der Waals surface area contributed by atoms with Crippen LogP contribution in [0.3, 0.4) is 0 Å². The number of carbonyl (C=O) groups excluding carboxylic acids is 1. The normalized spacial score (nSPS) is 25.9. The highest BCUT2D eigenvalue weighted by molar-refractivity contribution is 5.82. The molecule has 2 N–H and O–H groups in total. The van der Waals surface area contributed by atoms with Crippen LogP contribution in [0.15, 0.2) is 0 Å². The fraction of sp³-hybridized carbons (Fsp3) is 0.938. The van der Waals surface area contributed by atoms with E-state index in [2.05, 4.69) is 38.3 Å². The quantitative estimate of drug-likeness (QED) is 0.776. The van der Waals surface area contributed by atoms with Crippen molar-refractivity contribution in [3.63, 3.8) is 0 Å². The summed E-state index contributed by atoms with van der Waals surface area (Å²) >= 11 is 0. The van der Waals surface area contributed by atoms with Gasteiger partial charge in [0.15, 0.2) is 0 Å². The Hall–Kier alpha value is -0.570. The lowest BCUT2D eigenvalue weighted by molar-refractivity contribution is -0.124. The third-order valence-corrected chi connectivity index (χ3v) is 4.64. The molecule has 1 fully saturated rings. The van der Waals surface area contributed by atoms with Crippen molar-refractivity contribution < 1.29 is 4.79 Å². The Labute approximate surface area is 118 Å².